The molecule has 72 valence electrons. The molecule has 0 aliphatic heterocycles. The highest BCUT2D eigenvalue weighted by Crippen LogP contribution is 2.41. The van der Waals surface area contributed by atoms with Gasteiger partial charge in [0.15, 0.2) is 0 Å². The summed E-state index contributed by atoms with van der Waals surface area (Å²) in [6, 6.07) is 1.78. The van der Waals surface area contributed by atoms with Gasteiger partial charge < -0.3 is 10.2 Å². The monoisotopic (exact) mass is 199 g/mol. The summed E-state index contributed by atoms with van der Waals surface area (Å²) in [5.74, 6) is 2.28. The number of hydrogen-bond donors (Lipinski definition) is 1. The summed E-state index contributed by atoms with van der Waals surface area (Å²) >= 11 is 6.05. The van der Waals surface area contributed by atoms with Crippen LogP contribution in [0.2, 0.25) is 5.02 Å². The summed E-state index contributed by atoms with van der Waals surface area (Å²) in [5, 5.41) is 0.747. The van der Waals surface area contributed by atoms with Crippen molar-refractivity contribution in [2.24, 2.45) is 5.73 Å². The molecule has 0 amide bonds. The normalized spacial score (nSPS) is 19.9. The second kappa shape index (κ2) is 3.35. The number of halogens is 1. The zero-order valence-corrected chi connectivity index (χ0v) is 8.47. The SMILES string of the molecule is CC(N)c1cc(Cl)c(C2CCC2)o1. The molecule has 2 nitrogen and oxygen atoms in total. The second-order valence-electron chi connectivity index (χ2n) is 3.78. The zero-order chi connectivity index (χ0) is 9.42. The number of rotatable bonds is 2. The molecule has 0 spiro atoms. The molecule has 1 atom stereocenters. The van der Waals surface area contributed by atoms with Crippen LogP contribution in [0.3, 0.4) is 0 Å². The maximum Gasteiger partial charge on any atom is 0.125 e. The van der Waals surface area contributed by atoms with Gasteiger partial charge in [-0.25, -0.2) is 0 Å². The van der Waals surface area contributed by atoms with E-state index in [4.69, 9.17) is 21.8 Å². The summed E-state index contributed by atoms with van der Waals surface area (Å²) in [4.78, 5) is 0. The predicted octanol–water partition coefficient (Wildman–Crippen LogP) is 3.22. The maximum absolute atomic E-state index is 6.05. The van der Waals surface area contributed by atoms with Crippen molar-refractivity contribution in [3.63, 3.8) is 0 Å². The zero-order valence-electron chi connectivity index (χ0n) is 7.72. The van der Waals surface area contributed by atoms with Gasteiger partial charge in [-0.2, -0.15) is 0 Å². The third-order valence-electron chi connectivity index (χ3n) is 2.66. The van der Waals surface area contributed by atoms with Gasteiger partial charge in [-0.15, -0.1) is 0 Å². The lowest BCUT2D eigenvalue weighted by molar-refractivity contribution is 0.330. The average molecular weight is 200 g/mol. The molecule has 3 heteroatoms. The molecule has 0 bridgehead atoms. The van der Waals surface area contributed by atoms with Gasteiger partial charge in [0.25, 0.3) is 0 Å². The molecule has 1 aromatic heterocycles. The first-order chi connectivity index (χ1) is 6.18. The van der Waals surface area contributed by atoms with Crippen LogP contribution in [-0.2, 0) is 0 Å². The van der Waals surface area contributed by atoms with E-state index < -0.39 is 0 Å². The van der Waals surface area contributed by atoms with E-state index in [-0.39, 0.29) is 6.04 Å². The Labute approximate surface area is 83.1 Å². The van der Waals surface area contributed by atoms with Crippen molar-refractivity contribution in [2.75, 3.05) is 0 Å². The highest BCUT2D eigenvalue weighted by atomic mass is 35.5. The van der Waals surface area contributed by atoms with Crippen molar-refractivity contribution >= 4 is 11.6 Å². The summed E-state index contributed by atoms with van der Waals surface area (Å²) < 4.78 is 5.62. The Morgan fingerprint density at radius 3 is 2.69 bits per heavy atom. The van der Waals surface area contributed by atoms with E-state index >= 15 is 0 Å². The molecular weight excluding hydrogens is 186 g/mol. The van der Waals surface area contributed by atoms with Crippen LogP contribution in [0.1, 0.15) is 49.7 Å². The summed E-state index contributed by atoms with van der Waals surface area (Å²) in [7, 11) is 0. The van der Waals surface area contributed by atoms with Crippen LogP contribution < -0.4 is 5.73 Å². The standard InChI is InChI=1S/C10H14ClNO/c1-6(12)9-5-8(11)10(13-9)7-3-2-4-7/h5-7H,2-4,12H2,1H3. The van der Waals surface area contributed by atoms with Crippen molar-refractivity contribution < 1.29 is 4.42 Å². The van der Waals surface area contributed by atoms with Crippen molar-refractivity contribution in [3.05, 3.63) is 22.6 Å². The molecule has 1 aliphatic carbocycles. The molecule has 0 radical (unpaired) electrons. The van der Waals surface area contributed by atoms with E-state index in [9.17, 15) is 0 Å². The average Bonchev–Trinajstić information content (AvgIpc) is 2.29. The Bertz CT molecular complexity index is 302. The molecule has 1 unspecified atom stereocenters. The Hall–Kier alpha value is -0.470. The van der Waals surface area contributed by atoms with E-state index in [0.29, 0.717) is 5.92 Å². The minimum Gasteiger partial charge on any atom is -0.463 e. The molecular formula is C10H14ClNO. The summed E-state index contributed by atoms with van der Waals surface area (Å²) in [6.45, 7) is 1.90. The van der Waals surface area contributed by atoms with Gasteiger partial charge >= 0.3 is 0 Å². The van der Waals surface area contributed by atoms with Crippen LogP contribution in [-0.4, -0.2) is 0 Å². The smallest absolute Gasteiger partial charge is 0.125 e. The fourth-order valence-electron chi connectivity index (χ4n) is 1.57. The number of nitrogens with two attached hydrogens (primary N) is 1. The van der Waals surface area contributed by atoms with Crippen molar-refractivity contribution in [2.45, 2.75) is 38.1 Å². The van der Waals surface area contributed by atoms with Crippen LogP contribution in [0.4, 0.5) is 0 Å². The summed E-state index contributed by atoms with van der Waals surface area (Å²) in [5.41, 5.74) is 5.70. The van der Waals surface area contributed by atoms with Gasteiger partial charge in [0.1, 0.15) is 11.5 Å². The number of furan rings is 1. The Morgan fingerprint density at radius 1 is 1.62 bits per heavy atom. The van der Waals surface area contributed by atoms with Gasteiger partial charge in [-0.05, 0) is 19.8 Å². The lowest BCUT2D eigenvalue weighted by atomic mass is 9.84. The first-order valence-corrected chi connectivity index (χ1v) is 5.11. The van der Waals surface area contributed by atoms with E-state index in [2.05, 4.69) is 0 Å². The van der Waals surface area contributed by atoms with Crippen molar-refractivity contribution in [1.29, 1.82) is 0 Å². The third kappa shape index (κ3) is 1.61. The molecule has 1 aromatic rings. The first-order valence-electron chi connectivity index (χ1n) is 4.73. The van der Waals surface area contributed by atoms with E-state index in [1.807, 2.05) is 13.0 Å². The lowest BCUT2D eigenvalue weighted by Gasteiger charge is -2.23. The molecule has 1 aliphatic rings. The number of hydrogen-bond acceptors (Lipinski definition) is 2. The van der Waals surface area contributed by atoms with Crippen molar-refractivity contribution in [3.8, 4) is 0 Å². The topological polar surface area (TPSA) is 39.2 Å². The van der Waals surface area contributed by atoms with E-state index in [1.54, 1.807) is 0 Å². The summed E-state index contributed by atoms with van der Waals surface area (Å²) in [6.07, 6.45) is 3.69. The van der Waals surface area contributed by atoms with E-state index in [0.717, 1.165) is 16.5 Å². The highest BCUT2D eigenvalue weighted by molar-refractivity contribution is 6.31. The predicted molar refractivity (Wildman–Crippen MR) is 52.9 cm³/mol. The van der Waals surface area contributed by atoms with Crippen LogP contribution in [0, 0.1) is 0 Å². The molecule has 0 aromatic carbocycles. The van der Waals surface area contributed by atoms with Crippen LogP contribution in [0.25, 0.3) is 0 Å². The Kier molecular flexibility index (Phi) is 2.35. The second-order valence-corrected chi connectivity index (χ2v) is 4.18. The highest BCUT2D eigenvalue weighted by Gasteiger charge is 2.26. The fourth-order valence-corrected chi connectivity index (χ4v) is 1.87. The quantitative estimate of drug-likeness (QED) is 0.795. The lowest BCUT2D eigenvalue weighted by Crippen LogP contribution is -2.08. The van der Waals surface area contributed by atoms with Gasteiger partial charge in [-0.3, -0.25) is 0 Å². The molecule has 2 N–H and O–H groups in total. The minimum atomic E-state index is -0.0636. The Morgan fingerprint density at radius 2 is 2.31 bits per heavy atom. The van der Waals surface area contributed by atoms with Crippen LogP contribution >= 0.6 is 11.6 Å². The molecule has 2 rings (SSSR count). The molecule has 13 heavy (non-hydrogen) atoms. The molecule has 1 fully saturated rings. The molecule has 1 saturated carbocycles. The van der Waals surface area contributed by atoms with Gasteiger partial charge in [0, 0.05) is 12.0 Å². The van der Waals surface area contributed by atoms with Crippen LogP contribution in [0.15, 0.2) is 10.5 Å². The molecule has 0 saturated heterocycles. The van der Waals surface area contributed by atoms with Gasteiger partial charge in [-0.1, -0.05) is 18.0 Å². The van der Waals surface area contributed by atoms with Crippen LogP contribution in [0.5, 0.6) is 0 Å². The molecule has 1 heterocycles. The largest absolute Gasteiger partial charge is 0.463 e. The first kappa shape index (κ1) is 9.10. The third-order valence-corrected chi connectivity index (χ3v) is 2.95. The van der Waals surface area contributed by atoms with E-state index in [1.165, 1.54) is 19.3 Å². The fraction of sp³-hybridized carbons (Fsp3) is 0.600. The Balaban J connectivity index is 2.24. The van der Waals surface area contributed by atoms with Gasteiger partial charge in [0.05, 0.1) is 11.1 Å². The maximum atomic E-state index is 6.05. The van der Waals surface area contributed by atoms with Crippen molar-refractivity contribution in [1.82, 2.24) is 0 Å². The minimum absolute atomic E-state index is 0.0636. The van der Waals surface area contributed by atoms with Gasteiger partial charge in [0.2, 0.25) is 0 Å².